The molecule has 0 bridgehead atoms. The lowest BCUT2D eigenvalue weighted by Crippen LogP contribution is -2.39. The first-order valence-corrected chi connectivity index (χ1v) is 9.05. The lowest BCUT2D eigenvalue weighted by atomic mass is 9.95. The van der Waals surface area contributed by atoms with Crippen LogP contribution in [-0.4, -0.2) is 46.1 Å². The Balaban J connectivity index is 1.93. The molecule has 22 heavy (non-hydrogen) atoms. The van der Waals surface area contributed by atoms with Crippen LogP contribution in [0.5, 0.6) is 11.5 Å². The first-order valence-electron chi connectivity index (χ1n) is 7.23. The molecule has 1 unspecified atom stereocenters. The van der Waals surface area contributed by atoms with Crippen molar-refractivity contribution in [2.24, 2.45) is 5.92 Å². The number of benzene rings is 1. The molecular formula is C15H21NO5S. The molecular weight excluding hydrogens is 306 g/mol. The van der Waals surface area contributed by atoms with Gasteiger partial charge < -0.3 is 14.8 Å². The van der Waals surface area contributed by atoms with Crippen LogP contribution in [0.4, 0.5) is 0 Å². The zero-order valence-corrected chi connectivity index (χ0v) is 13.6. The van der Waals surface area contributed by atoms with Gasteiger partial charge in [-0.1, -0.05) is 19.1 Å². The van der Waals surface area contributed by atoms with Crippen molar-refractivity contribution in [3.63, 3.8) is 0 Å². The molecule has 2 rings (SSSR count). The van der Waals surface area contributed by atoms with Crippen LogP contribution < -0.4 is 14.8 Å². The van der Waals surface area contributed by atoms with E-state index in [1.54, 1.807) is 14.0 Å². The maximum Gasteiger partial charge on any atom is 0.226 e. The molecule has 1 N–H and O–H groups in total. The van der Waals surface area contributed by atoms with E-state index in [1.165, 1.54) is 0 Å². The van der Waals surface area contributed by atoms with Crippen molar-refractivity contribution < 1.29 is 22.7 Å². The van der Waals surface area contributed by atoms with Crippen LogP contribution in [-0.2, 0) is 21.1 Å². The molecule has 0 aliphatic carbocycles. The lowest BCUT2D eigenvalue weighted by Gasteiger charge is -2.25. The third kappa shape index (κ3) is 3.91. The van der Waals surface area contributed by atoms with Crippen molar-refractivity contribution >= 4 is 15.7 Å². The Bertz CT molecular complexity index is 641. The largest absolute Gasteiger partial charge is 0.493 e. The summed E-state index contributed by atoms with van der Waals surface area (Å²) in [6.45, 7) is 1.99. The van der Waals surface area contributed by atoms with Gasteiger partial charge in [0.1, 0.15) is 6.61 Å². The van der Waals surface area contributed by atoms with E-state index in [0.29, 0.717) is 17.9 Å². The van der Waals surface area contributed by atoms with Gasteiger partial charge in [-0.25, -0.2) is 8.42 Å². The normalized spacial score (nSPS) is 17.3. The smallest absolute Gasteiger partial charge is 0.226 e. The zero-order valence-electron chi connectivity index (χ0n) is 12.8. The van der Waals surface area contributed by atoms with Crippen LogP contribution in [0.15, 0.2) is 18.2 Å². The number of hydrogen-bond donors (Lipinski definition) is 1. The Morgan fingerprint density at radius 1 is 1.45 bits per heavy atom. The summed E-state index contributed by atoms with van der Waals surface area (Å²) in [4.78, 5) is 12.1. The molecule has 1 aliphatic rings. The lowest BCUT2D eigenvalue weighted by molar-refractivity contribution is -0.126. The van der Waals surface area contributed by atoms with E-state index in [2.05, 4.69) is 5.32 Å². The Morgan fingerprint density at radius 2 is 2.23 bits per heavy atom. The summed E-state index contributed by atoms with van der Waals surface area (Å²) in [5.41, 5.74) is 0.923. The van der Waals surface area contributed by atoms with Gasteiger partial charge in [0, 0.05) is 12.3 Å². The summed E-state index contributed by atoms with van der Waals surface area (Å²) < 4.78 is 33.7. The van der Waals surface area contributed by atoms with E-state index in [4.69, 9.17) is 9.47 Å². The zero-order chi connectivity index (χ0) is 16.2. The van der Waals surface area contributed by atoms with E-state index >= 15 is 0 Å². The molecule has 0 saturated heterocycles. The second-order valence-corrected chi connectivity index (χ2v) is 7.66. The summed E-state index contributed by atoms with van der Waals surface area (Å²) in [5, 5.41) is 2.67. The van der Waals surface area contributed by atoms with E-state index in [1.807, 2.05) is 18.2 Å². The Kier molecular flexibility index (Phi) is 5.28. The minimum atomic E-state index is -3.07. The number of carbonyl (C=O) groups excluding carboxylic acids is 1. The highest BCUT2D eigenvalue weighted by Crippen LogP contribution is 2.35. The van der Waals surface area contributed by atoms with Crippen LogP contribution in [0.2, 0.25) is 0 Å². The number of hydrogen-bond acceptors (Lipinski definition) is 5. The minimum absolute atomic E-state index is 0.0345. The summed E-state index contributed by atoms with van der Waals surface area (Å²) in [6, 6.07) is 5.57. The van der Waals surface area contributed by atoms with Crippen molar-refractivity contribution in [1.29, 1.82) is 0 Å². The predicted octanol–water partition coefficient (Wildman–Crippen LogP) is 0.797. The fraction of sp³-hybridized carbons (Fsp3) is 0.533. The molecule has 6 nitrogen and oxygen atoms in total. The third-order valence-corrected chi connectivity index (χ3v) is 5.40. The summed E-state index contributed by atoms with van der Waals surface area (Å²) in [7, 11) is -1.49. The quantitative estimate of drug-likeness (QED) is 0.836. The number of sulfone groups is 1. The number of fused-ring (bicyclic) bond motifs is 1. The van der Waals surface area contributed by atoms with Gasteiger partial charge >= 0.3 is 0 Å². The maximum atomic E-state index is 12.1. The third-order valence-electron chi connectivity index (χ3n) is 3.70. The highest BCUT2D eigenvalue weighted by molar-refractivity contribution is 7.91. The van der Waals surface area contributed by atoms with E-state index < -0.39 is 9.84 Å². The Morgan fingerprint density at radius 3 is 2.91 bits per heavy atom. The van der Waals surface area contributed by atoms with E-state index in [9.17, 15) is 13.2 Å². The van der Waals surface area contributed by atoms with Crippen LogP contribution >= 0.6 is 0 Å². The van der Waals surface area contributed by atoms with Crippen LogP contribution in [0, 0.1) is 5.92 Å². The van der Waals surface area contributed by atoms with Crippen LogP contribution in [0.3, 0.4) is 0 Å². The molecule has 1 aromatic carbocycles. The number of rotatable bonds is 6. The van der Waals surface area contributed by atoms with Crippen molar-refractivity contribution in [2.45, 2.75) is 13.3 Å². The second-order valence-electron chi connectivity index (χ2n) is 5.19. The molecule has 0 spiro atoms. The van der Waals surface area contributed by atoms with Crippen molar-refractivity contribution in [3.05, 3.63) is 23.8 Å². The number of methoxy groups -OCH3 is 1. The Labute approximate surface area is 130 Å². The monoisotopic (exact) mass is 327 g/mol. The predicted molar refractivity (Wildman–Crippen MR) is 83.0 cm³/mol. The van der Waals surface area contributed by atoms with Crippen molar-refractivity contribution in [1.82, 2.24) is 5.32 Å². The van der Waals surface area contributed by atoms with Gasteiger partial charge in [0.05, 0.1) is 18.8 Å². The number of amides is 1. The Hall–Kier alpha value is -1.76. The number of carbonyl (C=O) groups is 1. The first kappa shape index (κ1) is 16.6. The fourth-order valence-corrected chi connectivity index (χ4v) is 3.04. The number of ether oxygens (including phenoxy) is 2. The molecule has 7 heteroatoms. The summed E-state index contributed by atoms with van der Waals surface area (Å²) in [5.74, 6) is 0.896. The molecule has 122 valence electrons. The fourth-order valence-electron chi connectivity index (χ4n) is 2.34. The van der Waals surface area contributed by atoms with Gasteiger partial charge in [-0.3, -0.25) is 4.79 Å². The number of para-hydroxylation sites is 1. The SMILES string of the molecule is CCS(=O)(=O)CCNC(=O)C1COc2c(cccc2OC)C1. The van der Waals surface area contributed by atoms with E-state index in [0.717, 1.165) is 5.56 Å². The molecule has 1 heterocycles. The standard InChI is InChI=1S/C15H21NO5S/c1-3-22(18,19)8-7-16-15(17)12-9-11-5-4-6-13(20-2)14(11)21-10-12/h4-6,12H,3,7-10H2,1-2H3,(H,16,17). The van der Waals surface area contributed by atoms with Crippen molar-refractivity contribution in [2.75, 3.05) is 31.8 Å². The van der Waals surface area contributed by atoms with Gasteiger partial charge in [0.2, 0.25) is 5.91 Å². The molecule has 0 saturated carbocycles. The summed E-state index contributed by atoms with van der Waals surface area (Å²) >= 11 is 0. The molecule has 0 radical (unpaired) electrons. The molecule has 1 amide bonds. The second kappa shape index (κ2) is 7.00. The molecule has 1 atom stereocenters. The maximum absolute atomic E-state index is 12.1. The van der Waals surface area contributed by atoms with Gasteiger partial charge in [-0.15, -0.1) is 0 Å². The van der Waals surface area contributed by atoms with Crippen molar-refractivity contribution in [3.8, 4) is 11.5 Å². The molecule has 1 aliphatic heterocycles. The van der Waals surface area contributed by atoms with E-state index in [-0.39, 0.29) is 36.5 Å². The minimum Gasteiger partial charge on any atom is -0.493 e. The van der Waals surface area contributed by atoms with Crippen LogP contribution in [0.25, 0.3) is 0 Å². The summed E-state index contributed by atoms with van der Waals surface area (Å²) in [6.07, 6.45) is 0.554. The topological polar surface area (TPSA) is 81.7 Å². The molecule has 0 fully saturated rings. The van der Waals surface area contributed by atoms with Gasteiger partial charge in [-0.05, 0) is 18.1 Å². The average molecular weight is 327 g/mol. The van der Waals surface area contributed by atoms with Gasteiger partial charge in [-0.2, -0.15) is 0 Å². The molecule has 0 aromatic heterocycles. The van der Waals surface area contributed by atoms with Crippen LogP contribution in [0.1, 0.15) is 12.5 Å². The molecule has 1 aromatic rings. The van der Waals surface area contributed by atoms with Gasteiger partial charge in [0.15, 0.2) is 21.3 Å². The average Bonchev–Trinajstić information content (AvgIpc) is 2.53. The highest BCUT2D eigenvalue weighted by Gasteiger charge is 2.27. The van der Waals surface area contributed by atoms with Gasteiger partial charge in [0.25, 0.3) is 0 Å². The first-order chi connectivity index (χ1) is 10.5. The highest BCUT2D eigenvalue weighted by atomic mass is 32.2. The number of nitrogens with one attached hydrogen (secondary N) is 1.